The lowest BCUT2D eigenvalue weighted by molar-refractivity contribution is -0.131. The van der Waals surface area contributed by atoms with Crippen LogP contribution in [0.25, 0.3) is 0 Å². The van der Waals surface area contributed by atoms with Crippen LogP contribution >= 0.6 is 0 Å². The highest BCUT2D eigenvalue weighted by Gasteiger charge is 2.39. The first-order valence-electron chi connectivity index (χ1n) is 7.24. The highest BCUT2D eigenvalue weighted by atomic mass is 16.2. The summed E-state index contributed by atoms with van der Waals surface area (Å²) in [5.41, 5.74) is 0. The zero-order chi connectivity index (χ0) is 13.3. The Morgan fingerprint density at radius 1 is 1.44 bits per heavy atom. The predicted octanol–water partition coefficient (Wildman–Crippen LogP) is 1.13. The van der Waals surface area contributed by atoms with Gasteiger partial charge in [-0.3, -0.25) is 10.1 Å². The van der Waals surface area contributed by atoms with Crippen LogP contribution < -0.4 is 5.32 Å². The van der Waals surface area contributed by atoms with Crippen LogP contribution in [0.3, 0.4) is 0 Å². The average molecular weight is 253 g/mol. The van der Waals surface area contributed by atoms with Gasteiger partial charge in [-0.2, -0.15) is 0 Å². The molecule has 0 aliphatic carbocycles. The molecule has 18 heavy (non-hydrogen) atoms. The minimum Gasteiger partial charge on any atom is -0.326 e. The third-order valence-electron chi connectivity index (χ3n) is 4.28. The third kappa shape index (κ3) is 2.86. The number of hydrogen-bond acceptors (Lipinski definition) is 3. The molecule has 3 unspecified atom stereocenters. The summed E-state index contributed by atoms with van der Waals surface area (Å²) >= 11 is 0. The molecule has 0 spiro atoms. The molecule has 4 heteroatoms. The Kier molecular flexibility index (Phi) is 4.28. The Morgan fingerprint density at radius 2 is 2.17 bits per heavy atom. The second-order valence-corrected chi connectivity index (χ2v) is 6.33. The van der Waals surface area contributed by atoms with Crippen molar-refractivity contribution in [3.63, 3.8) is 0 Å². The van der Waals surface area contributed by atoms with Gasteiger partial charge in [-0.15, -0.1) is 0 Å². The molecule has 0 radical (unpaired) electrons. The highest BCUT2D eigenvalue weighted by molar-refractivity contribution is 5.84. The maximum absolute atomic E-state index is 12.4. The molecule has 1 amide bonds. The van der Waals surface area contributed by atoms with E-state index in [1.54, 1.807) is 0 Å². The van der Waals surface area contributed by atoms with Crippen LogP contribution in [-0.4, -0.2) is 54.6 Å². The molecule has 2 fully saturated rings. The second-order valence-electron chi connectivity index (χ2n) is 6.33. The fourth-order valence-electron chi connectivity index (χ4n) is 3.22. The first-order valence-corrected chi connectivity index (χ1v) is 7.24. The van der Waals surface area contributed by atoms with Gasteiger partial charge in [0.05, 0.1) is 12.2 Å². The van der Waals surface area contributed by atoms with E-state index in [-0.39, 0.29) is 12.2 Å². The molecule has 0 aromatic carbocycles. The topological polar surface area (TPSA) is 35.6 Å². The number of rotatable bonds is 3. The van der Waals surface area contributed by atoms with Crippen molar-refractivity contribution in [1.29, 1.82) is 0 Å². The highest BCUT2D eigenvalue weighted by Crippen LogP contribution is 2.22. The Morgan fingerprint density at radius 3 is 2.72 bits per heavy atom. The summed E-state index contributed by atoms with van der Waals surface area (Å²) in [6.45, 7) is 9.57. The number of likely N-dealkylation sites (tertiary alicyclic amines) is 1. The number of carbonyl (C=O) groups excluding carboxylic acids is 1. The van der Waals surface area contributed by atoms with Crippen LogP contribution in [0.15, 0.2) is 0 Å². The van der Waals surface area contributed by atoms with E-state index in [4.69, 9.17) is 0 Å². The van der Waals surface area contributed by atoms with Crippen LogP contribution in [0.1, 0.15) is 33.6 Å². The minimum atomic E-state index is 0.0151. The lowest BCUT2D eigenvalue weighted by Crippen LogP contribution is -2.43. The molecule has 0 aromatic rings. The SMILES string of the molecule is CC(C)C1NC(C)N(CC2CCCN(C)C2)C1=O. The van der Waals surface area contributed by atoms with Gasteiger partial charge in [0, 0.05) is 13.1 Å². The standard InChI is InChI=1S/C14H27N3O/c1-10(2)13-14(18)17(11(3)15-13)9-12-6-5-7-16(4)8-12/h10-13,15H,5-9H2,1-4H3. The summed E-state index contributed by atoms with van der Waals surface area (Å²) in [6, 6.07) is 0.0151. The molecule has 1 N–H and O–H groups in total. The van der Waals surface area contributed by atoms with Gasteiger partial charge in [0.25, 0.3) is 0 Å². The van der Waals surface area contributed by atoms with Crippen molar-refractivity contribution in [2.24, 2.45) is 11.8 Å². The van der Waals surface area contributed by atoms with E-state index in [2.05, 4.69) is 42.9 Å². The molecule has 0 bridgehead atoms. The third-order valence-corrected chi connectivity index (χ3v) is 4.28. The van der Waals surface area contributed by atoms with Gasteiger partial charge in [0.1, 0.15) is 0 Å². The Hall–Kier alpha value is -0.610. The Labute approximate surface area is 111 Å². The van der Waals surface area contributed by atoms with E-state index in [0.29, 0.717) is 17.7 Å². The molecule has 2 rings (SSSR count). The van der Waals surface area contributed by atoms with Gasteiger partial charge in [-0.05, 0) is 45.2 Å². The van der Waals surface area contributed by atoms with E-state index in [1.807, 2.05) is 0 Å². The van der Waals surface area contributed by atoms with E-state index >= 15 is 0 Å². The molecule has 2 aliphatic heterocycles. The molecule has 0 saturated carbocycles. The maximum Gasteiger partial charge on any atom is 0.241 e. The van der Waals surface area contributed by atoms with Crippen LogP contribution in [0.4, 0.5) is 0 Å². The number of carbonyl (C=O) groups is 1. The fraction of sp³-hybridized carbons (Fsp3) is 0.929. The van der Waals surface area contributed by atoms with Crippen molar-refractivity contribution in [3.8, 4) is 0 Å². The largest absolute Gasteiger partial charge is 0.326 e. The number of nitrogens with zero attached hydrogens (tertiary/aromatic N) is 2. The van der Waals surface area contributed by atoms with Crippen LogP contribution in [0.2, 0.25) is 0 Å². The van der Waals surface area contributed by atoms with Crippen molar-refractivity contribution >= 4 is 5.91 Å². The van der Waals surface area contributed by atoms with Gasteiger partial charge in [-0.25, -0.2) is 0 Å². The summed E-state index contributed by atoms with van der Waals surface area (Å²) in [6.07, 6.45) is 2.71. The first-order chi connectivity index (χ1) is 8.49. The number of hydrogen-bond donors (Lipinski definition) is 1. The normalized spacial score (nSPS) is 34.6. The first kappa shape index (κ1) is 13.8. The molecule has 2 heterocycles. The van der Waals surface area contributed by atoms with Crippen molar-refractivity contribution in [1.82, 2.24) is 15.1 Å². The number of nitrogens with one attached hydrogen (secondary N) is 1. The summed E-state index contributed by atoms with van der Waals surface area (Å²) in [5, 5.41) is 3.42. The maximum atomic E-state index is 12.4. The Bertz CT molecular complexity index is 305. The molecule has 2 aliphatic rings. The second kappa shape index (κ2) is 5.57. The summed E-state index contributed by atoms with van der Waals surface area (Å²) < 4.78 is 0. The van der Waals surface area contributed by atoms with Gasteiger partial charge < -0.3 is 9.80 Å². The zero-order valence-corrected chi connectivity index (χ0v) is 12.1. The molecule has 104 valence electrons. The number of amides is 1. The van der Waals surface area contributed by atoms with E-state index in [0.717, 1.165) is 13.1 Å². The monoisotopic (exact) mass is 253 g/mol. The van der Waals surface area contributed by atoms with E-state index in [1.165, 1.54) is 19.4 Å². The van der Waals surface area contributed by atoms with E-state index in [9.17, 15) is 4.79 Å². The molecule has 2 saturated heterocycles. The van der Waals surface area contributed by atoms with Crippen molar-refractivity contribution < 1.29 is 4.79 Å². The molecular formula is C14H27N3O. The Balaban J connectivity index is 1.94. The summed E-state index contributed by atoms with van der Waals surface area (Å²) in [7, 11) is 2.18. The zero-order valence-electron chi connectivity index (χ0n) is 12.1. The lowest BCUT2D eigenvalue weighted by atomic mass is 9.97. The number of piperidine rings is 1. The minimum absolute atomic E-state index is 0.0151. The molecule has 4 nitrogen and oxygen atoms in total. The van der Waals surface area contributed by atoms with Gasteiger partial charge in [0.15, 0.2) is 0 Å². The summed E-state index contributed by atoms with van der Waals surface area (Å²) in [5.74, 6) is 1.31. The lowest BCUT2D eigenvalue weighted by Gasteiger charge is -2.33. The smallest absolute Gasteiger partial charge is 0.241 e. The molecular weight excluding hydrogens is 226 g/mol. The van der Waals surface area contributed by atoms with Crippen molar-refractivity contribution in [2.75, 3.05) is 26.7 Å². The van der Waals surface area contributed by atoms with Crippen molar-refractivity contribution in [2.45, 2.75) is 45.8 Å². The van der Waals surface area contributed by atoms with Crippen LogP contribution in [0.5, 0.6) is 0 Å². The van der Waals surface area contributed by atoms with Crippen LogP contribution in [-0.2, 0) is 4.79 Å². The van der Waals surface area contributed by atoms with Crippen LogP contribution in [0, 0.1) is 11.8 Å². The average Bonchev–Trinajstić information content (AvgIpc) is 2.57. The van der Waals surface area contributed by atoms with Gasteiger partial charge >= 0.3 is 0 Å². The fourth-order valence-corrected chi connectivity index (χ4v) is 3.22. The van der Waals surface area contributed by atoms with E-state index < -0.39 is 0 Å². The van der Waals surface area contributed by atoms with Crippen molar-refractivity contribution in [3.05, 3.63) is 0 Å². The predicted molar refractivity (Wildman–Crippen MR) is 73.2 cm³/mol. The van der Waals surface area contributed by atoms with Gasteiger partial charge in [-0.1, -0.05) is 13.8 Å². The molecule has 0 aromatic heterocycles. The molecule has 3 atom stereocenters. The summed E-state index contributed by atoms with van der Waals surface area (Å²) in [4.78, 5) is 16.8. The van der Waals surface area contributed by atoms with Gasteiger partial charge in [0.2, 0.25) is 5.91 Å². The quantitative estimate of drug-likeness (QED) is 0.819.